The Bertz CT molecular complexity index is 731. The predicted octanol–water partition coefficient (Wildman–Crippen LogP) is 2.46. The van der Waals surface area contributed by atoms with Crippen molar-refractivity contribution in [3.63, 3.8) is 0 Å². The largest absolute Gasteiger partial charge is 0.462 e. The smallest absolute Gasteiger partial charge is 0.340 e. The van der Waals surface area contributed by atoms with Gasteiger partial charge in [-0.05, 0) is 33.3 Å². The molecule has 0 aliphatic carbocycles. The Kier molecular flexibility index (Phi) is 4.57. The molecule has 0 aliphatic heterocycles. The second-order valence-corrected chi connectivity index (χ2v) is 6.10. The lowest BCUT2D eigenvalue weighted by Gasteiger charge is -2.14. The van der Waals surface area contributed by atoms with Crippen LogP contribution in [0.15, 0.2) is 17.1 Å². The van der Waals surface area contributed by atoms with E-state index in [2.05, 4.69) is 4.98 Å². The maximum atomic E-state index is 12.2. The van der Waals surface area contributed by atoms with Crippen LogP contribution >= 0.6 is 11.3 Å². The van der Waals surface area contributed by atoms with Crippen LogP contribution in [0.1, 0.15) is 38.4 Å². The van der Waals surface area contributed by atoms with E-state index in [1.165, 1.54) is 6.07 Å². The number of rotatable bonds is 4. The van der Waals surface area contributed by atoms with Gasteiger partial charge in [-0.15, -0.1) is 11.3 Å². The maximum absolute atomic E-state index is 12.2. The highest BCUT2D eigenvalue weighted by molar-refractivity contribution is 7.11. The number of esters is 1. The number of ether oxygens (including phenoxy) is 1. The highest BCUT2D eigenvalue weighted by atomic mass is 32.1. The van der Waals surface area contributed by atoms with Crippen molar-refractivity contribution in [2.75, 3.05) is 6.61 Å². The van der Waals surface area contributed by atoms with E-state index in [9.17, 15) is 9.59 Å². The fraction of sp³-hybridized carbons (Fsp3) is 0.400. The van der Waals surface area contributed by atoms with Crippen molar-refractivity contribution in [2.24, 2.45) is 0 Å². The number of carbonyl (C=O) groups excluding carboxylic acids is 1. The molecular formula is C15H18N2O3S. The van der Waals surface area contributed by atoms with Gasteiger partial charge in [-0.1, -0.05) is 0 Å². The Morgan fingerprint density at radius 2 is 2.10 bits per heavy atom. The predicted molar refractivity (Wildman–Crippen MR) is 82.1 cm³/mol. The minimum atomic E-state index is -0.387. The van der Waals surface area contributed by atoms with Gasteiger partial charge < -0.3 is 9.30 Å². The molecule has 5 nitrogen and oxygen atoms in total. The third-order valence-electron chi connectivity index (χ3n) is 3.23. The van der Waals surface area contributed by atoms with Gasteiger partial charge in [0.25, 0.3) is 5.56 Å². The lowest BCUT2D eigenvalue weighted by Crippen LogP contribution is -2.26. The first-order valence-corrected chi connectivity index (χ1v) is 7.55. The van der Waals surface area contributed by atoms with E-state index in [0.717, 1.165) is 9.88 Å². The summed E-state index contributed by atoms with van der Waals surface area (Å²) < 4.78 is 6.66. The molecule has 0 saturated heterocycles. The molecule has 0 unspecified atom stereocenters. The van der Waals surface area contributed by atoms with E-state index in [0.29, 0.717) is 30.0 Å². The number of hydrogen-bond donors (Lipinski definition) is 0. The van der Waals surface area contributed by atoms with E-state index in [1.54, 1.807) is 42.9 Å². The Morgan fingerprint density at radius 1 is 1.38 bits per heavy atom. The Morgan fingerprint density at radius 3 is 2.67 bits per heavy atom. The van der Waals surface area contributed by atoms with Crippen molar-refractivity contribution in [1.29, 1.82) is 0 Å². The molecule has 2 heterocycles. The zero-order chi connectivity index (χ0) is 15.6. The van der Waals surface area contributed by atoms with Gasteiger partial charge in [-0.25, -0.2) is 9.78 Å². The van der Waals surface area contributed by atoms with Gasteiger partial charge >= 0.3 is 5.97 Å². The molecule has 2 aromatic rings. The third kappa shape index (κ3) is 3.21. The van der Waals surface area contributed by atoms with Crippen LogP contribution in [0, 0.1) is 20.8 Å². The Balaban J connectivity index is 2.48. The number of pyridine rings is 1. The van der Waals surface area contributed by atoms with Crippen LogP contribution in [0.2, 0.25) is 0 Å². The molecule has 2 rings (SSSR count). The Labute approximate surface area is 127 Å². The van der Waals surface area contributed by atoms with E-state index in [-0.39, 0.29) is 11.5 Å². The van der Waals surface area contributed by atoms with Gasteiger partial charge in [0.2, 0.25) is 0 Å². The number of nitrogens with zero attached hydrogens (tertiary/aromatic N) is 2. The van der Waals surface area contributed by atoms with E-state index >= 15 is 0 Å². The molecule has 0 spiro atoms. The van der Waals surface area contributed by atoms with Crippen LogP contribution in [0.4, 0.5) is 0 Å². The summed E-state index contributed by atoms with van der Waals surface area (Å²) in [6, 6.07) is 1.48. The molecule has 2 aromatic heterocycles. The fourth-order valence-electron chi connectivity index (χ4n) is 2.26. The van der Waals surface area contributed by atoms with Crippen LogP contribution < -0.4 is 5.56 Å². The number of thiazole rings is 1. The molecule has 112 valence electrons. The van der Waals surface area contributed by atoms with Gasteiger partial charge in [-0.2, -0.15) is 0 Å². The quantitative estimate of drug-likeness (QED) is 0.814. The zero-order valence-electron chi connectivity index (χ0n) is 12.6. The van der Waals surface area contributed by atoms with Crippen LogP contribution in [0.3, 0.4) is 0 Å². The van der Waals surface area contributed by atoms with Crippen molar-refractivity contribution in [3.05, 3.63) is 49.3 Å². The van der Waals surface area contributed by atoms with Crippen molar-refractivity contribution < 1.29 is 9.53 Å². The molecule has 0 amide bonds. The summed E-state index contributed by atoms with van der Waals surface area (Å²) in [6.07, 6.45) is 1.76. The number of aromatic nitrogens is 2. The minimum absolute atomic E-state index is 0.121. The van der Waals surface area contributed by atoms with Gasteiger partial charge in [0.05, 0.1) is 23.7 Å². The average Bonchev–Trinajstić information content (AvgIpc) is 2.80. The van der Waals surface area contributed by atoms with Gasteiger partial charge in [-0.3, -0.25) is 4.79 Å². The molecule has 0 aliphatic rings. The SMILES string of the molecule is CCOC(=O)c1c(C)cc(=O)n(Cc2cnc(C)s2)c1C. The standard InChI is InChI=1S/C15H18N2O3S/c1-5-20-15(19)14-9(2)6-13(18)17(10(14)3)8-12-7-16-11(4)21-12/h6-7H,5,8H2,1-4H3. The fourth-order valence-corrected chi connectivity index (χ4v) is 3.05. The van der Waals surface area contributed by atoms with Gasteiger partial charge in [0, 0.05) is 22.8 Å². The van der Waals surface area contributed by atoms with Crippen molar-refractivity contribution >= 4 is 17.3 Å². The summed E-state index contributed by atoms with van der Waals surface area (Å²) in [5.74, 6) is -0.387. The van der Waals surface area contributed by atoms with E-state index in [1.807, 2.05) is 6.92 Å². The second kappa shape index (κ2) is 6.22. The molecule has 0 bridgehead atoms. The molecule has 6 heteroatoms. The van der Waals surface area contributed by atoms with Gasteiger partial charge in [0.1, 0.15) is 0 Å². The summed E-state index contributed by atoms with van der Waals surface area (Å²) >= 11 is 1.54. The maximum Gasteiger partial charge on any atom is 0.340 e. The summed E-state index contributed by atoms with van der Waals surface area (Å²) in [5.41, 5.74) is 1.62. The monoisotopic (exact) mass is 306 g/mol. The van der Waals surface area contributed by atoms with Crippen molar-refractivity contribution in [2.45, 2.75) is 34.2 Å². The highest BCUT2D eigenvalue weighted by Crippen LogP contribution is 2.17. The summed E-state index contributed by atoms with van der Waals surface area (Å²) in [7, 11) is 0. The van der Waals surface area contributed by atoms with E-state index < -0.39 is 0 Å². The summed E-state index contributed by atoms with van der Waals surface area (Å²) in [6.45, 7) is 7.94. The molecular weight excluding hydrogens is 288 g/mol. The van der Waals surface area contributed by atoms with Crippen LogP contribution in [0.25, 0.3) is 0 Å². The normalized spacial score (nSPS) is 10.7. The Hall–Kier alpha value is -1.95. The van der Waals surface area contributed by atoms with Crippen molar-refractivity contribution in [1.82, 2.24) is 9.55 Å². The molecule has 0 N–H and O–H groups in total. The minimum Gasteiger partial charge on any atom is -0.462 e. The first-order chi connectivity index (χ1) is 9.93. The van der Waals surface area contributed by atoms with Crippen LogP contribution in [-0.2, 0) is 11.3 Å². The van der Waals surface area contributed by atoms with Crippen molar-refractivity contribution in [3.8, 4) is 0 Å². The number of aryl methyl sites for hydroxylation is 2. The number of hydrogen-bond acceptors (Lipinski definition) is 5. The van der Waals surface area contributed by atoms with Gasteiger partial charge in [0.15, 0.2) is 0 Å². The highest BCUT2D eigenvalue weighted by Gasteiger charge is 2.18. The van der Waals surface area contributed by atoms with Crippen LogP contribution in [-0.4, -0.2) is 22.1 Å². The van der Waals surface area contributed by atoms with Crippen LogP contribution in [0.5, 0.6) is 0 Å². The molecule has 21 heavy (non-hydrogen) atoms. The number of carbonyl (C=O) groups is 1. The first kappa shape index (κ1) is 15.4. The lowest BCUT2D eigenvalue weighted by atomic mass is 10.1. The first-order valence-electron chi connectivity index (χ1n) is 6.73. The molecule has 0 aromatic carbocycles. The molecule has 0 atom stereocenters. The third-order valence-corrected chi connectivity index (χ3v) is 4.13. The molecule has 0 fully saturated rings. The van der Waals surface area contributed by atoms with E-state index in [4.69, 9.17) is 4.74 Å². The second-order valence-electron chi connectivity index (χ2n) is 4.78. The average molecular weight is 306 g/mol. The molecule has 0 radical (unpaired) electrons. The lowest BCUT2D eigenvalue weighted by molar-refractivity contribution is 0.0523. The zero-order valence-corrected chi connectivity index (χ0v) is 13.4. The summed E-state index contributed by atoms with van der Waals surface area (Å²) in [5, 5.41) is 0.952. The topological polar surface area (TPSA) is 61.2 Å². The molecule has 0 saturated carbocycles. The summed E-state index contributed by atoms with van der Waals surface area (Å²) in [4.78, 5) is 29.4.